The van der Waals surface area contributed by atoms with Gasteiger partial charge in [0.2, 0.25) is 0 Å². The van der Waals surface area contributed by atoms with E-state index in [4.69, 9.17) is 0 Å². The highest BCUT2D eigenvalue weighted by Crippen LogP contribution is 2.31. The van der Waals surface area contributed by atoms with Crippen LogP contribution in [0.2, 0.25) is 0 Å². The molecule has 0 spiro atoms. The molecule has 0 radical (unpaired) electrons. The Hall–Kier alpha value is -0.870. The molecule has 0 aromatic heterocycles. The van der Waals surface area contributed by atoms with Crippen molar-refractivity contribution >= 4 is 9.84 Å². The Bertz CT molecular complexity index is 555. The minimum Gasteiger partial charge on any atom is -0.317 e. The van der Waals surface area contributed by atoms with Crippen molar-refractivity contribution in [3.05, 3.63) is 29.8 Å². The molecule has 1 aromatic carbocycles. The molecule has 1 aromatic rings. The molecule has 1 saturated carbocycles. The molecule has 1 N–H and O–H groups in total. The number of sulfone groups is 1. The SMILES string of the molecule is CNC1CCC(S(=O)(=O)c2ccc(C(C)(C)C)cc2)C1. The van der Waals surface area contributed by atoms with E-state index in [9.17, 15) is 8.42 Å². The Morgan fingerprint density at radius 1 is 1.10 bits per heavy atom. The van der Waals surface area contributed by atoms with E-state index in [0.717, 1.165) is 24.8 Å². The van der Waals surface area contributed by atoms with Gasteiger partial charge in [0.15, 0.2) is 9.84 Å². The monoisotopic (exact) mass is 295 g/mol. The van der Waals surface area contributed by atoms with Crippen molar-refractivity contribution in [1.82, 2.24) is 5.32 Å². The molecule has 0 amide bonds. The molecule has 3 nitrogen and oxygen atoms in total. The van der Waals surface area contributed by atoms with Crippen LogP contribution in [-0.4, -0.2) is 26.8 Å². The zero-order chi connectivity index (χ0) is 15.0. The maximum atomic E-state index is 12.6. The lowest BCUT2D eigenvalue weighted by atomic mass is 9.87. The van der Waals surface area contributed by atoms with E-state index in [2.05, 4.69) is 26.1 Å². The zero-order valence-electron chi connectivity index (χ0n) is 12.8. The Morgan fingerprint density at radius 3 is 2.15 bits per heavy atom. The van der Waals surface area contributed by atoms with Crippen LogP contribution in [0.15, 0.2) is 29.2 Å². The van der Waals surface area contributed by atoms with Gasteiger partial charge in [-0.05, 0) is 49.4 Å². The van der Waals surface area contributed by atoms with Crippen LogP contribution in [0, 0.1) is 0 Å². The van der Waals surface area contributed by atoms with Crippen molar-refractivity contribution in [2.24, 2.45) is 0 Å². The van der Waals surface area contributed by atoms with E-state index in [1.807, 2.05) is 19.2 Å². The third-order valence-corrected chi connectivity index (χ3v) is 6.52. The van der Waals surface area contributed by atoms with E-state index >= 15 is 0 Å². The highest BCUT2D eigenvalue weighted by atomic mass is 32.2. The molecule has 0 saturated heterocycles. The summed E-state index contributed by atoms with van der Waals surface area (Å²) in [6.07, 6.45) is 2.43. The van der Waals surface area contributed by atoms with Crippen LogP contribution in [0.1, 0.15) is 45.6 Å². The van der Waals surface area contributed by atoms with Crippen LogP contribution >= 0.6 is 0 Å². The van der Waals surface area contributed by atoms with Crippen molar-refractivity contribution in [1.29, 1.82) is 0 Å². The summed E-state index contributed by atoms with van der Waals surface area (Å²) in [6, 6.07) is 7.75. The molecule has 1 fully saturated rings. The Balaban J connectivity index is 2.23. The van der Waals surface area contributed by atoms with Crippen molar-refractivity contribution in [2.45, 2.75) is 61.6 Å². The van der Waals surface area contributed by atoms with Gasteiger partial charge < -0.3 is 5.32 Å². The van der Waals surface area contributed by atoms with Gasteiger partial charge in [0, 0.05) is 6.04 Å². The number of hydrogen-bond acceptors (Lipinski definition) is 3. The van der Waals surface area contributed by atoms with Crippen molar-refractivity contribution in [2.75, 3.05) is 7.05 Å². The first-order valence-corrected chi connectivity index (χ1v) is 8.81. The maximum absolute atomic E-state index is 12.6. The van der Waals surface area contributed by atoms with Gasteiger partial charge in [-0.1, -0.05) is 32.9 Å². The molecule has 0 aliphatic heterocycles. The Kier molecular flexibility index (Phi) is 4.26. The summed E-state index contributed by atoms with van der Waals surface area (Å²) in [7, 11) is -1.28. The molecule has 1 aliphatic carbocycles. The topological polar surface area (TPSA) is 46.2 Å². The average Bonchev–Trinajstić information content (AvgIpc) is 2.87. The van der Waals surface area contributed by atoms with Crippen LogP contribution in [0.25, 0.3) is 0 Å². The van der Waals surface area contributed by atoms with Crippen LogP contribution in [-0.2, 0) is 15.3 Å². The summed E-state index contributed by atoms with van der Waals surface area (Å²) in [5.74, 6) is 0. The molecule has 2 rings (SSSR count). The lowest BCUT2D eigenvalue weighted by Gasteiger charge is -2.19. The molecule has 1 aliphatic rings. The number of nitrogens with one attached hydrogen (secondary N) is 1. The fourth-order valence-electron chi connectivity index (χ4n) is 2.82. The summed E-state index contributed by atoms with van der Waals surface area (Å²) in [5, 5.41) is 2.95. The van der Waals surface area contributed by atoms with E-state index < -0.39 is 9.84 Å². The van der Waals surface area contributed by atoms with E-state index in [1.165, 1.54) is 0 Å². The number of rotatable bonds is 3. The smallest absolute Gasteiger partial charge is 0.181 e. The van der Waals surface area contributed by atoms with Gasteiger partial charge >= 0.3 is 0 Å². The second-order valence-electron chi connectivity index (χ2n) is 6.74. The van der Waals surface area contributed by atoms with Crippen molar-refractivity contribution in [3.8, 4) is 0 Å². The minimum absolute atomic E-state index is 0.0485. The molecular formula is C16H25NO2S. The van der Waals surface area contributed by atoms with Gasteiger partial charge in [0.05, 0.1) is 10.1 Å². The first kappa shape index (κ1) is 15.5. The first-order chi connectivity index (χ1) is 9.25. The summed E-state index contributed by atoms with van der Waals surface area (Å²) >= 11 is 0. The Labute approximate surface area is 122 Å². The summed E-state index contributed by atoms with van der Waals surface area (Å²) in [5.41, 5.74) is 1.21. The van der Waals surface area contributed by atoms with Gasteiger partial charge in [0.1, 0.15) is 0 Å². The van der Waals surface area contributed by atoms with Crippen molar-refractivity contribution < 1.29 is 8.42 Å². The second kappa shape index (κ2) is 5.49. The predicted octanol–water partition coefficient (Wildman–Crippen LogP) is 2.90. The lowest BCUT2D eigenvalue weighted by molar-refractivity contribution is 0.563. The van der Waals surface area contributed by atoms with Gasteiger partial charge in [0.25, 0.3) is 0 Å². The van der Waals surface area contributed by atoms with Gasteiger partial charge in [-0.2, -0.15) is 0 Å². The highest BCUT2D eigenvalue weighted by molar-refractivity contribution is 7.92. The van der Waals surface area contributed by atoms with Gasteiger partial charge in [-0.3, -0.25) is 0 Å². The fourth-order valence-corrected chi connectivity index (χ4v) is 4.65. The Morgan fingerprint density at radius 2 is 1.70 bits per heavy atom. The molecule has 20 heavy (non-hydrogen) atoms. The largest absolute Gasteiger partial charge is 0.317 e. The standard InChI is InChI=1S/C16H25NO2S/c1-16(2,3)12-5-8-14(9-6-12)20(18,19)15-10-7-13(11-15)17-4/h5-6,8-9,13,15,17H,7,10-11H2,1-4H3. The van der Waals surface area contributed by atoms with Crippen molar-refractivity contribution in [3.63, 3.8) is 0 Å². The molecule has 4 heteroatoms. The summed E-state index contributed by atoms with van der Waals surface area (Å²) in [4.78, 5) is 0.465. The van der Waals surface area contributed by atoms with Crippen LogP contribution in [0.5, 0.6) is 0 Å². The highest BCUT2D eigenvalue weighted by Gasteiger charge is 2.34. The van der Waals surface area contributed by atoms with Crippen LogP contribution in [0.4, 0.5) is 0 Å². The quantitative estimate of drug-likeness (QED) is 0.932. The summed E-state index contributed by atoms with van der Waals surface area (Å²) < 4.78 is 25.3. The molecule has 2 atom stereocenters. The molecule has 0 bridgehead atoms. The normalized spacial score (nSPS) is 24.0. The second-order valence-corrected chi connectivity index (χ2v) is 8.97. The third kappa shape index (κ3) is 3.07. The first-order valence-electron chi connectivity index (χ1n) is 7.27. The zero-order valence-corrected chi connectivity index (χ0v) is 13.6. The van der Waals surface area contributed by atoms with Crippen LogP contribution in [0.3, 0.4) is 0 Å². The molecule has 2 unspecified atom stereocenters. The van der Waals surface area contributed by atoms with Gasteiger partial charge in [-0.15, -0.1) is 0 Å². The fraction of sp³-hybridized carbons (Fsp3) is 0.625. The number of benzene rings is 1. The predicted molar refractivity (Wildman–Crippen MR) is 82.8 cm³/mol. The summed E-state index contributed by atoms with van der Waals surface area (Å²) in [6.45, 7) is 6.39. The third-order valence-electron chi connectivity index (χ3n) is 4.28. The molecular weight excluding hydrogens is 270 g/mol. The minimum atomic E-state index is -3.18. The van der Waals surface area contributed by atoms with E-state index in [1.54, 1.807) is 12.1 Å². The average molecular weight is 295 g/mol. The number of hydrogen-bond donors (Lipinski definition) is 1. The molecule has 112 valence electrons. The van der Waals surface area contributed by atoms with E-state index in [0.29, 0.717) is 10.9 Å². The lowest BCUT2D eigenvalue weighted by Crippen LogP contribution is -2.25. The molecule has 0 heterocycles. The van der Waals surface area contributed by atoms with Crippen LogP contribution < -0.4 is 5.32 Å². The maximum Gasteiger partial charge on any atom is 0.181 e. The van der Waals surface area contributed by atoms with Gasteiger partial charge in [-0.25, -0.2) is 8.42 Å². The van der Waals surface area contributed by atoms with E-state index in [-0.39, 0.29) is 10.7 Å².